The Morgan fingerprint density at radius 2 is 1.80 bits per heavy atom. The average molecular weight is 448 g/mol. The summed E-state index contributed by atoms with van der Waals surface area (Å²) in [6.07, 6.45) is -1.37. The molecule has 3 heterocycles. The van der Waals surface area contributed by atoms with Crippen molar-refractivity contribution >= 4 is 46.2 Å². The third-order valence-electron chi connectivity index (χ3n) is 4.05. The molecule has 0 bridgehead atoms. The summed E-state index contributed by atoms with van der Waals surface area (Å²) in [5, 5.41) is 9.93. The van der Waals surface area contributed by atoms with Gasteiger partial charge in [-0.05, 0) is 52.7 Å². The Morgan fingerprint density at radius 3 is 2.50 bits per heavy atom. The molecule has 0 saturated carbocycles. The fourth-order valence-electron chi connectivity index (χ4n) is 2.61. The molecule has 152 valence electrons. The topological polar surface area (TPSA) is 62.7 Å². The fraction of sp³-hybridized carbons (Fsp3) is 0.0500. The lowest BCUT2D eigenvalue weighted by Crippen LogP contribution is -2.06. The summed E-state index contributed by atoms with van der Waals surface area (Å²) in [5.74, 6) is 0.884. The molecule has 10 heteroatoms. The largest absolute Gasteiger partial charge is 0.416 e. The lowest BCUT2D eigenvalue weighted by Gasteiger charge is -2.12. The summed E-state index contributed by atoms with van der Waals surface area (Å²) >= 11 is 7.71. The van der Waals surface area contributed by atoms with E-state index < -0.39 is 11.7 Å². The van der Waals surface area contributed by atoms with Gasteiger partial charge in [-0.25, -0.2) is 9.97 Å². The Hall–Kier alpha value is -3.17. The Balaban J connectivity index is 1.52. The normalized spacial score (nSPS) is 11.3. The molecule has 5 nitrogen and oxygen atoms in total. The lowest BCUT2D eigenvalue weighted by molar-refractivity contribution is -0.137. The lowest BCUT2D eigenvalue weighted by atomic mass is 10.1. The second kappa shape index (κ2) is 8.29. The van der Waals surface area contributed by atoms with Crippen LogP contribution in [0.4, 0.5) is 36.4 Å². The summed E-state index contributed by atoms with van der Waals surface area (Å²) in [6, 6.07) is 10.5. The number of benzene rings is 1. The number of pyridine rings is 1. The average Bonchev–Trinajstić information content (AvgIpc) is 3.26. The summed E-state index contributed by atoms with van der Waals surface area (Å²) in [6.45, 7) is 0. The van der Waals surface area contributed by atoms with Gasteiger partial charge in [-0.2, -0.15) is 29.5 Å². The molecule has 0 aliphatic rings. The molecule has 0 amide bonds. The van der Waals surface area contributed by atoms with Crippen LogP contribution in [0.3, 0.4) is 0 Å². The van der Waals surface area contributed by atoms with Gasteiger partial charge in [0, 0.05) is 17.4 Å². The van der Waals surface area contributed by atoms with Crippen LogP contribution < -0.4 is 10.6 Å². The first kappa shape index (κ1) is 20.1. The minimum Gasteiger partial charge on any atom is -0.339 e. The van der Waals surface area contributed by atoms with Gasteiger partial charge in [0.05, 0.1) is 11.8 Å². The number of nitrogens with one attached hydrogen (secondary N) is 2. The number of alkyl halides is 3. The summed E-state index contributed by atoms with van der Waals surface area (Å²) < 4.78 is 38.7. The van der Waals surface area contributed by atoms with Crippen molar-refractivity contribution < 1.29 is 13.2 Å². The zero-order valence-electron chi connectivity index (χ0n) is 15.1. The van der Waals surface area contributed by atoms with Gasteiger partial charge in [-0.15, -0.1) is 0 Å². The second-order valence-electron chi connectivity index (χ2n) is 6.16. The molecular weight excluding hydrogens is 435 g/mol. The zero-order valence-corrected chi connectivity index (χ0v) is 16.7. The van der Waals surface area contributed by atoms with Gasteiger partial charge in [-0.1, -0.05) is 17.7 Å². The van der Waals surface area contributed by atoms with Crippen molar-refractivity contribution in [2.45, 2.75) is 6.18 Å². The van der Waals surface area contributed by atoms with Crippen LogP contribution in [0.1, 0.15) is 5.56 Å². The molecule has 0 spiro atoms. The van der Waals surface area contributed by atoms with Crippen molar-refractivity contribution in [2.24, 2.45) is 0 Å². The maximum Gasteiger partial charge on any atom is 0.416 e. The SMILES string of the molecule is FC(F)(F)c1cccc(Nc2nc(Nc3ccc(-c4ccsc4)cn3)ncc2Cl)c1. The Labute approximate surface area is 178 Å². The maximum atomic E-state index is 12.9. The molecule has 4 aromatic rings. The summed E-state index contributed by atoms with van der Waals surface area (Å²) in [7, 11) is 0. The quantitative estimate of drug-likeness (QED) is 0.354. The molecule has 1 aromatic carbocycles. The van der Waals surface area contributed by atoms with Gasteiger partial charge < -0.3 is 10.6 Å². The van der Waals surface area contributed by atoms with Gasteiger partial charge in [0.15, 0.2) is 5.82 Å². The number of halogens is 4. The Kier molecular flexibility index (Phi) is 5.56. The first-order valence-corrected chi connectivity index (χ1v) is 9.93. The molecule has 0 aliphatic heterocycles. The van der Waals surface area contributed by atoms with E-state index in [0.717, 1.165) is 23.3 Å². The molecule has 0 fully saturated rings. The summed E-state index contributed by atoms with van der Waals surface area (Å²) in [5.41, 5.74) is 1.49. The van der Waals surface area contributed by atoms with Gasteiger partial charge in [0.25, 0.3) is 0 Å². The number of hydrogen-bond donors (Lipinski definition) is 2. The third-order valence-corrected chi connectivity index (χ3v) is 5.01. The van der Waals surface area contributed by atoms with E-state index in [0.29, 0.717) is 5.82 Å². The van der Waals surface area contributed by atoms with E-state index in [1.165, 1.54) is 18.3 Å². The molecule has 0 saturated heterocycles. The van der Waals surface area contributed by atoms with E-state index >= 15 is 0 Å². The molecule has 2 N–H and O–H groups in total. The van der Waals surface area contributed by atoms with Crippen molar-refractivity contribution in [3.63, 3.8) is 0 Å². The van der Waals surface area contributed by atoms with E-state index in [1.807, 2.05) is 22.9 Å². The van der Waals surface area contributed by atoms with E-state index in [4.69, 9.17) is 11.6 Å². The standard InChI is InChI=1S/C20H13ClF3N5S/c21-16-10-26-19(28-17-5-4-12(9-25-17)13-6-7-30-11-13)29-18(16)27-15-3-1-2-14(8-15)20(22,23)24/h1-11H,(H2,25,26,27,28,29). The van der Waals surface area contributed by atoms with Gasteiger partial charge >= 0.3 is 6.18 Å². The van der Waals surface area contributed by atoms with Gasteiger partial charge in [0.1, 0.15) is 10.8 Å². The maximum absolute atomic E-state index is 12.9. The van der Waals surface area contributed by atoms with E-state index in [9.17, 15) is 13.2 Å². The minimum absolute atomic E-state index is 0.165. The van der Waals surface area contributed by atoms with Crippen LogP contribution in [0.15, 0.2) is 65.6 Å². The van der Waals surface area contributed by atoms with Crippen LogP contribution in [-0.2, 0) is 6.18 Å². The van der Waals surface area contributed by atoms with Crippen LogP contribution in [0.25, 0.3) is 11.1 Å². The number of aromatic nitrogens is 3. The van der Waals surface area contributed by atoms with Crippen LogP contribution in [-0.4, -0.2) is 15.0 Å². The highest BCUT2D eigenvalue weighted by molar-refractivity contribution is 7.08. The predicted molar refractivity (Wildman–Crippen MR) is 113 cm³/mol. The minimum atomic E-state index is -4.44. The molecule has 3 aromatic heterocycles. The summed E-state index contributed by atoms with van der Waals surface area (Å²) in [4.78, 5) is 12.7. The van der Waals surface area contributed by atoms with E-state index in [-0.39, 0.29) is 22.5 Å². The highest BCUT2D eigenvalue weighted by atomic mass is 35.5. The Bertz CT molecular complexity index is 1150. The van der Waals surface area contributed by atoms with Crippen molar-refractivity contribution in [2.75, 3.05) is 10.6 Å². The van der Waals surface area contributed by atoms with E-state index in [1.54, 1.807) is 23.6 Å². The molecule has 0 radical (unpaired) electrons. The Morgan fingerprint density at radius 1 is 0.933 bits per heavy atom. The van der Waals surface area contributed by atoms with Gasteiger partial charge in [-0.3, -0.25) is 0 Å². The highest BCUT2D eigenvalue weighted by Gasteiger charge is 2.30. The highest BCUT2D eigenvalue weighted by Crippen LogP contribution is 2.32. The number of nitrogens with zero attached hydrogens (tertiary/aromatic N) is 3. The second-order valence-corrected chi connectivity index (χ2v) is 7.35. The van der Waals surface area contributed by atoms with Crippen molar-refractivity contribution in [3.05, 3.63) is 76.2 Å². The number of anilines is 4. The monoisotopic (exact) mass is 447 g/mol. The molecule has 0 unspecified atom stereocenters. The zero-order chi connectivity index (χ0) is 21.1. The molecule has 4 rings (SSSR count). The van der Waals surface area contributed by atoms with Crippen molar-refractivity contribution in [1.82, 2.24) is 15.0 Å². The molecule has 30 heavy (non-hydrogen) atoms. The molecule has 0 aliphatic carbocycles. The van der Waals surface area contributed by atoms with Crippen LogP contribution in [0, 0.1) is 0 Å². The number of hydrogen-bond acceptors (Lipinski definition) is 6. The predicted octanol–water partition coefficient (Wildman–Crippen LogP) is 6.76. The van der Waals surface area contributed by atoms with E-state index in [2.05, 4.69) is 25.6 Å². The molecular formula is C20H13ClF3N5S. The first-order valence-electron chi connectivity index (χ1n) is 8.61. The number of thiophene rings is 1. The third kappa shape index (κ3) is 4.69. The van der Waals surface area contributed by atoms with Gasteiger partial charge in [0.2, 0.25) is 5.95 Å². The van der Waals surface area contributed by atoms with Crippen LogP contribution in [0.2, 0.25) is 5.02 Å². The van der Waals surface area contributed by atoms with Crippen molar-refractivity contribution in [3.8, 4) is 11.1 Å². The first-order chi connectivity index (χ1) is 14.4. The van der Waals surface area contributed by atoms with Crippen molar-refractivity contribution in [1.29, 1.82) is 0 Å². The number of rotatable bonds is 5. The molecule has 0 atom stereocenters. The van der Waals surface area contributed by atoms with Crippen LogP contribution >= 0.6 is 22.9 Å². The van der Waals surface area contributed by atoms with Crippen LogP contribution in [0.5, 0.6) is 0 Å². The smallest absolute Gasteiger partial charge is 0.339 e. The fourth-order valence-corrected chi connectivity index (χ4v) is 3.41.